The van der Waals surface area contributed by atoms with Crippen molar-refractivity contribution in [3.63, 3.8) is 0 Å². The summed E-state index contributed by atoms with van der Waals surface area (Å²) in [6.07, 6.45) is -0.675. The zero-order valence-electron chi connectivity index (χ0n) is 15.7. The molecule has 0 aliphatic carbocycles. The van der Waals surface area contributed by atoms with Crippen molar-refractivity contribution < 1.29 is 18.7 Å². The molecule has 0 unspecified atom stereocenters. The first-order chi connectivity index (χ1) is 12.3. The molecule has 1 N–H and O–H groups in total. The van der Waals surface area contributed by atoms with Crippen LogP contribution in [0.15, 0.2) is 48.5 Å². The fourth-order valence-electron chi connectivity index (χ4n) is 2.31. The first-order valence-electron chi connectivity index (χ1n) is 8.69. The van der Waals surface area contributed by atoms with Crippen LogP contribution in [0, 0.1) is 5.82 Å². The van der Waals surface area contributed by atoms with E-state index in [0.717, 1.165) is 5.75 Å². The van der Waals surface area contributed by atoms with Gasteiger partial charge in [0.05, 0.1) is 6.54 Å². The summed E-state index contributed by atoms with van der Waals surface area (Å²) in [5.74, 6) is 0.621. The van der Waals surface area contributed by atoms with E-state index in [2.05, 4.69) is 26.1 Å². The van der Waals surface area contributed by atoms with E-state index in [1.807, 2.05) is 24.3 Å². The number of nitrogens with one attached hydrogen (secondary N) is 1. The molecule has 1 atom stereocenters. The summed E-state index contributed by atoms with van der Waals surface area (Å²) >= 11 is 0. The van der Waals surface area contributed by atoms with Crippen molar-refractivity contribution in [1.29, 1.82) is 0 Å². The van der Waals surface area contributed by atoms with Crippen LogP contribution in [0.4, 0.5) is 4.39 Å². The van der Waals surface area contributed by atoms with E-state index in [4.69, 9.17) is 9.47 Å². The molecule has 0 aliphatic rings. The first kappa shape index (κ1) is 19.8. The summed E-state index contributed by atoms with van der Waals surface area (Å²) in [6, 6.07) is 13.5. The highest BCUT2D eigenvalue weighted by Gasteiger charge is 2.15. The van der Waals surface area contributed by atoms with Crippen LogP contribution in [0.1, 0.15) is 33.3 Å². The van der Waals surface area contributed by atoms with Crippen LogP contribution in [0.5, 0.6) is 11.5 Å². The number of rotatable bonds is 7. The van der Waals surface area contributed by atoms with Crippen molar-refractivity contribution in [3.05, 3.63) is 59.9 Å². The molecule has 1 amide bonds. The van der Waals surface area contributed by atoms with Gasteiger partial charge in [-0.3, -0.25) is 4.79 Å². The number of amides is 1. The Morgan fingerprint density at radius 2 is 1.62 bits per heavy atom. The Morgan fingerprint density at radius 3 is 2.19 bits per heavy atom. The fourth-order valence-corrected chi connectivity index (χ4v) is 2.31. The monoisotopic (exact) mass is 359 g/mol. The Hall–Kier alpha value is -2.56. The fraction of sp³-hybridized carbons (Fsp3) is 0.381. The van der Waals surface area contributed by atoms with Crippen molar-refractivity contribution in [3.8, 4) is 11.5 Å². The molecule has 2 rings (SSSR count). The van der Waals surface area contributed by atoms with Gasteiger partial charge < -0.3 is 14.8 Å². The second-order valence-electron chi connectivity index (χ2n) is 7.13. The molecule has 140 valence electrons. The molecule has 2 aromatic carbocycles. The van der Waals surface area contributed by atoms with Crippen molar-refractivity contribution in [1.82, 2.24) is 5.32 Å². The standard InChI is InChI=1S/C21H26FNO3/c1-15(26-19-11-7-17(22)8-12-19)20(24)23-13-14-25-18-9-5-16(6-10-18)21(2,3)4/h5-12,15H,13-14H2,1-4H3,(H,23,24)/t15-/m1/s1. The van der Waals surface area contributed by atoms with Crippen LogP contribution in [0.25, 0.3) is 0 Å². The summed E-state index contributed by atoms with van der Waals surface area (Å²) in [7, 11) is 0. The molecule has 5 heteroatoms. The van der Waals surface area contributed by atoms with E-state index in [0.29, 0.717) is 18.9 Å². The average Bonchev–Trinajstić information content (AvgIpc) is 2.60. The van der Waals surface area contributed by atoms with Crippen LogP contribution < -0.4 is 14.8 Å². The zero-order chi connectivity index (χ0) is 19.2. The van der Waals surface area contributed by atoms with E-state index in [1.165, 1.54) is 29.8 Å². The maximum Gasteiger partial charge on any atom is 0.260 e. The number of benzene rings is 2. The molecule has 0 heterocycles. The topological polar surface area (TPSA) is 47.6 Å². The van der Waals surface area contributed by atoms with Crippen LogP contribution in [-0.2, 0) is 10.2 Å². The van der Waals surface area contributed by atoms with Crippen LogP contribution in [0.3, 0.4) is 0 Å². The second kappa shape index (κ2) is 8.70. The molecule has 26 heavy (non-hydrogen) atoms. The lowest BCUT2D eigenvalue weighted by Crippen LogP contribution is -2.38. The molecule has 0 bridgehead atoms. The quantitative estimate of drug-likeness (QED) is 0.758. The molecule has 2 aromatic rings. The molecule has 0 aliphatic heterocycles. The molecule has 0 fully saturated rings. The third-order valence-corrected chi connectivity index (χ3v) is 3.89. The van der Waals surface area contributed by atoms with Gasteiger partial charge in [-0.05, 0) is 54.3 Å². The van der Waals surface area contributed by atoms with Crippen LogP contribution in [0.2, 0.25) is 0 Å². The lowest BCUT2D eigenvalue weighted by atomic mass is 9.87. The molecule has 0 saturated carbocycles. The minimum Gasteiger partial charge on any atom is -0.492 e. The number of halogens is 1. The van der Waals surface area contributed by atoms with Gasteiger partial charge in [0, 0.05) is 0 Å². The highest BCUT2D eigenvalue weighted by atomic mass is 19.1. The Kier molecular flexibility index (Phi) is 6.61. The normalized spacial score (nSPS) is 12.3. The van der Waals surface area contributed by atoms with Crippen molar-refractivity contribution >= 4 is 5.91 Å². The van der Waals surface area contributed by atoms with E-state index in [1.54, 1.807) is 6.92 Å². The van der Waals surface area contributed by atoms with Gasteiger partial charge >= 0.3 is 0 Å². The maximum absolute atomic E-state index is 12.9. The van der Waals surface area contributed by atoms with Crippen LogP contribution >= 0.6 is 0 Å². The Morgan fingerprint density at radius 1 is 1.04 bits per heavy atom. The van der Waals surface area contributed by atoms with Gasteiger partial charge in [-0.2, -0.15) is 0 Å². The molecule has 0 aromatic heterocycles. The number of carbonyl (C=O) groups excluding carboxylic acids is 1. The van der Waals surface area contributed by atoms with Gasteiger partial charge in [-0.1, -0.05) is 32.9 Å². The van der Waals surface area contributed by atoms with Gasteiger partial charge in [0.1, 0.15) is 23.9 Å². The largest absolute Gasteiger partial charge is 0.492 e. The third kappa shape index (κ3) is 6.06. The highest BCUT2D eigenvalue weighted by molar-refractivity contribution is 5.80. The van der Waals surface area contributed by atoms with Gasteiger partial charge in [0.15, 0.2) is 6.10 Å². The lowest BCUT2D eigenvalue weighted by Gasteiger charge is -2.19. The predicted molar refractivity (Wildman–Crippen MR) is 100 cm³/mol. The molecule has 0 saturated heterocycles. The number of hydrogen-bond donors (Lipinski definition) is 1. The lowest BCUT2D eigenvalue weighted by molar-refractivity contribution is -0.127. The summed E-state index contributed by atoms with van der Waals surface area (Å²) in [5, 5.41) is 2.76. The van der Waals surface area contributed by atoms with E-state index in [-0.39, 0.29) is 17.1 Å². The van der Waals surface area contributed by atoms with E-state index < -0.39 is 6.10 Å². The molecular weight excluding hydrogens is 333 g/mol. The van der Waals surface area contributed by atoms with Crippen molar-refractivity contribution in [2.45, 2.75) is 39.2 Å². The molecule has 0 spiro atoms. The smallest absolute Gasteiger partial charge is 0.260 e. The molecule has 0 radical (unpaired) electrons. The van der Waals surface area contributed by atoms with Crippen molar-refractivity contribution in [2.24, 2.45) is 0 Å². The third-order valence-electron chi connectivity index (χ3n) is 3.89. The predicted octanol–water partition coefficient (Wildman–Crippen LogP) is 4.09. The molecular formula is C21H26FNO3. The summed E-state index contributed by atoms with van der Waals surface area (Å²) in [4.78, 5) is 12.0. The summed E-state index contributed by atoms with van der Waals surface area (Å²) < 4.78 is 24.0. The van der Waals surface area contributed by atoms with Gasteiger partial charge in [0.25, 0.3) is 5.91 Å². The second-order valence-corrected chi connectivity index (χ2v) is 7.13. The summed E-state index contributed by atoms with van der Waals surface area (Å²) in [6.45, 7) is 8.86. The van der Waals surface area contributed by atoms with E-state index in [9.17, 15) is 9.18 Å². The van der Waals surface area contributed by atoms with Crippen LogP contribution in [-0.4, -0.2) is 25.2 Å². The Labute approximate surface area is 154 Å². The van der Waals surface area contributed by atoms with Gasteiger partial charge in [-0.25, -0.2) is 4.39 Å². The van der Waals surface area contributed by atoms with Crippen molar-refractivity contribution in [2.75, 3.05) is 13.2 Å². The SMILES string of the molecule is C[C@@H](Oc1ccc(F)cc1)C(=O)NCCOc1ccc(C(C)(C)C)cc1. The maximum atomic E-state index is 12.9. The summed E-state index contributed by atoms with van der Waals surface area (Å²) in [5.41, 5.74) is 1.34. The van der Waals surface area contributed by atoms with Gasteiger partial charge in [-0.15, -0.1) is 0 Å². The highest BCUT2D eigenvalue weighted by Crippen LogP contribution is 2.24. The number of hydrogen-bond acceptors (Lipinski definition) is 3. The molecule has 4 nitrogen and oxygen atoms in total. The average molecular weight is 359 g/mol. The van der Waals surface area contributed by atoms with E-state index >= 15 is 0 Å². The number of carbonyl (C=O) groups is 1. The first-order valence-corrected chi connectivity index (χ1v) is 8.69. The Balaban J connectivity index is 1.71. The minimum absolute atomic E-state index is 0.104. The van der Waals surface area contributed by atoms with Gasteiger partial charge in [0.2, 0.25) is 0 Å². The minimum atomic E-state index is -0.675. The zero-order valence-corrected chi connectivity index (χ0v) is 15.7. The Bertz CT molecular complexity index is 706. The number of ether oxygens (including phenoxy) is 2.